The zero-order valence-electron chi connectivity index (χ0n) is 14.2. The van der Waals surface area contributed by atoms with Crippen LogP contribution >= 0.6 is 0 Å². The molecule has 0 atom stereocenters. The Kier molecular flexibility index (Phi) is 5.79. The van der Waals surface area contributed by atoms with Gasteiger partial charge in [-0.25, -0.2) is 21.6 Å². The van der Waals surface area contributed by atoms with Gasteiger partial charge in [-0.15, -0.1) is 0 Å². The molecule has 2 rings (SSSR count). The van der Waals surface area contributed by atoms with E-state index in [1.54, 1.807) is 0 Å². The van der Waals surface area contributed by atoms with Crippen LogP contribution in [0.4, 0.5) is 18.9 Å². The van der Waals surface area contributed by atoms with Crippen molar-refractivity contribution < 1.29 is 31.2 Å². The number of amides is 2. The van der Waals surface area contributed by atoms with E-state index in [-0.39, 0.29) is 19.0 Å². The van der Waals surface area contributed by atoms with Crippen molar-refractivity contribution in [2.75, 3.05) is 43.3 Å². The Bertz CT molecular complexity index is 824. The number of carbonyl (C=O) groups is 2. The molecule has 2 amide bonds. The summed E-state index contributed by atoms with van der Waals surface area (Å²) in [6.07, 6.45) is 0.731. The van der Waals surface area contributed by atoms with Crippen LogP contribution < -0.4 is 4.31 Å². The zero-order chi connectivity index (χ0) is 19.6. The number of hydrogen-bond acceptors (Lipinski definition) is 4. The third kappa shape index (κ3) is 4.26. The third-order valence-electron chi connectivity index (χ3n) is 4.04. The lowest BCUT2D eigenvalue weighted by Crippen LogP contribution is -2.52. The molecule has 11 heteroatoms. The third-order valence-corrected chi connectivity index (χ3v) is 5.17. The van der Waals surface area contributed by atoms with Gasteiger partial charge in [0.25, 0.3) is 0 Å². The predicted octanol–water partition coefficient (Wildman–Crippen LogP) is 0.561. The van der Waals surface area contributed by atoms with Crippen LogP contribution in [0.5, 0.6) is 0 Å². The first kappa shape index (κ1) is 20.0. The molecule has 1 saturated heterocycles. The minimum atomic E-state index is -4.14. The Morgan fingerprint density at radius 3 is 2.08 bits per heavy atom. The molecule has 0 aliphatic carbocycles. The van der Waals surface area contributed by atoms with E-state index in [4.69, 9.17) is 0 Å². The highest BCUT2D eigenvalue weighted by Crippen LogP contribution is 2.25. The van der Waals surface area contributed by atoms with Gasteiger partial charge >= 0.3 is 0 Å². The second-order valence-corrected chi connectivity index (χ2v) is 7.76. The maximum absolute atomic E-state index is 14.0. The van der Waals surface area contributed by atoms with Crippen LogP contribution in [-0.2, 0) is 19.6 Å². The minimum Gasteiger partial charge on any atom is -0.339 e. The molecular weight excluding hydrogens is 375 g/mol. The summed E-state index contributed by atoms with van der Waals surface area (Å²) in [6.45, 7) is 1.60. The van der Waals surface area contributed by atoms with Gasteiger partial charge < -0.3 is 9.80 Å². The largest absolute Gasteiger partial charge is 0.339 e. The Balaban J connectivity index is 2.21. The lowest BCUT2D eigenvalue weighted by molar-refractivity contribution is -0.137. The van der Waals surface area contributed by atoms with Crippen LogP contribution in [0.2, 0.25) is 0 Å². The molecule has 1 aromatic carbocycles. The molecule has 144 valence electrons. The number of hydrogen-bond donors (Lipinski definition) is 0. The summed E-state index contributed by atoms with van der Waals surface area (Å²) in [6, 6.07) is 1.35. The topological polar surface area (TPSA) is 78.0 Å². The summed E-state index contributed by atoms with van der Waals surface area (Å²) in [5.74, 6) is -5.75. The molecular formula is C15H18F3N3O4S. The van der Waals surface area contributed by atoms with Crippen molar-refractivity contribution in [3.63, 3.8) is 0 Å². The van der Waals surface area contributed by atoms with Crippen LogP contribution in [0, 0.1) is 17.5 Å². The molecule has 7 nitrogen and oxygen atoms in total. The predicted molar refractivity (Wildman–Crippen MR) is 87.3 cm³/mol. The summed E-state index contributed by atoms with van der Waals surface area (Å²) < 4.78 is 64.8. The first-order chi connectivity index (χ1) is 12.0. The van der Waals surface area contributed by atoms with Gasteiger partial charge in [-0.1, -0.05) is 0 Å². The highest BCUT2D eigenvalue weighted by molar-refractivity contribution is 7.92. The minimum absolute atomic E-state index is 0.140. The molecule has 1 heterocycles. The quantitative estimate of drug-likeness (QED) is 0.701. The summed E-state index contributed by atoms with van der Waals surface area (Å²) >= 11 is 0. The van der Waals surface area contributed by atoms with Crippen LogP contribution in [0.15, 0.2) is 12.1 Å². The van der Waals surface area contributed by atoms with E-state index >= 15 is 0 Å². The smallest absolute Gasteiger partial charge is 0.243 e. The lowest BCUT2D eigenvalue weighted by Gasteiger charge is -2.35. The number of rotatable bonds is 4. The van der Waals surface area contributed by atoms with Crippen LogP contribution in [-0.4, -0.2) is 69.0 Å². The molecule has 0 radical (unpaired) electrons. The highest BCUT2D eigenvalue weighted by Gasteiger charge is 2.30. The lowest BCUT2D eigenvalue weighted by atomic mass is 10.2. The second kappa shape index (κ2) is 7.52. The molecule has 1 aliphatic rings. The Labute approximate surface area is 149 Å². The molecule has 1 aliphatic heterocycles. The molecule has 26 heavy (non-hydrogen) atoms. The van der Waals surface area contributed by atoms with E-state index in [2.05, 4.69) is 0 Å². The SMILES string of the molecule is CC(=O)N1CCN(C(=O)CN(c2ccc(F)c(F)c2F)S(C)(=O)=O)CC1. The molecule has 0 saturated carbocycles. The normalized spacial score (nSPS) is 15.1. The Morgan fingerprint density at radius 2 is 1.58 bits per heavy atom. The van der Waals surface area contributed by atoms with Crippen molar-refractivity contribution in [3.05, 3.63) is 29.6 Å². The number of piperazine rings is 1. The standard InChI is InChI=1S/C15H18F3N3O4S/c1-10(22)19-5-7-20(8-6-19)13(23)9-21(26(2,24)25)12-4-3-11(16)14(17)15(12)18/h3-4H,5-9H2,1-2H3. The van der Waals surface area contributed by atoms with Crippen molar-refractivity contribution >= 4 is 27.5 Å². The maximum atomic E-state index is 14.0. The first-order valence-electron chi connectivity index (χ1n) is 7.67. The van der Waals surface area contributed by atoms with Crippen LogP contribution in [0.1, 0.15) is 6.92 Å². The van der Waals surface area contributed by atoms with Crippen molar-refractivity contribution in [1.29, 1.82) is 0 Å². The molecule has 0 N–H and O–H groups in total. The van der Waals surface area contributed by atoms with Gasteiger partial charge in [-0.05, 0) is 12.1 Å². The molecule has 1 fully saturated rings. The number of carbonyl (C=O) groups excluding carboxylic acids is 2. The van der Waals surface area contributed by atoms with Crippen molar-refractivity contribution in [3.8, 4) is 0 Å². The van der Waals surface area contributed by atoms with E-state index in [1.165, 1.54) is 16.7 Å². The number of anilines is 1. The fourth-order valence-corrected chi connectivity index (χ4v) is 3.43. The average Bonchev–Trinajstić information content (AvgIpc) is 2.57. The average molecular weight is 393 g/mol. The van der Waals surface area contributed by atoms with Crippen molar-refractivity contribution in [2.24, 2.45) is 0 Å². The monoisotopic (exact) mass is 393 g/mol. The molecule has 0 bridgehead atoms. The van der Waals surface area contributed by atoms with Crippen LogP contribution in [0.25, 0.3) is 0 Å². The van der Waals surface area contributed by atoms with Gasteiger partial charge in [-0.3, -0.25) is 13.9 Å². The molecule has 0 spiro atoms. The number of sulfonamides is 1. The number of halogens is 3. The summed E-state index contributed by atoms with van der Waals surface area (Å²) in [7, 11) is -4.14. The Morgan fingerprint density at radius 1 is 1.04 bits per heavy atom. The highest BCUT2D eigenvalue weighted by atomic mass is 32.2. The first-order valence-corrected chi connectivity index (χ1v) is 9.51. The number of benzene rings is 1. The maximum Gasteiger partial charge on any atom is 0.243 e. The van der Waals surface area contributed by atoms with Gasteiger partial charge in [0.2, 0.25) is 21.8 Å². The van der Waals surface area contributed by atoms with Gasteiger partial charge in [0.15, 0.2) is 17.5 Å². The van der Waals surface area contributed by atoms with E-state index in [0.717, 1.165) is 12.3 Å². The van der Waals surface area contributed by atoms with Gasteiger partial charge in [0.05, 0.1) is 11.9 Å². The molecule has 0 aromatic heterocycles. The van der Waals surface area contributed by atoms with E-state index < -0.39 is 45.6 Å². The van der Waals surface area contributed by atoms with Gasteiger partial charge in [-0.2, -0.15) is 0 Å². The molecule has 1 aromatic rings. The van der Waals surface area contributed by atoms with Crippen molar-refractivity contribution in [2.45, 2.75) is 6.92 Å². The summed E-state index contributed by atoms with van der Waals surface area (Å²) in [5.41, 5.74) is -0.748. The van der Waals surface area contributed by atoms with Gasteiger partial charge in [0, 0.05) is 33.1 Å². The fraction of sp³-hybridized carbons (Fsp3) is 0.467. The Hall–Kier alpha value is -2.30. The van der Waals surface area contributed by atoms with Gasteiger partial charge in [0.1, 0.15) is 6.54 Å². The van der Waals surface area contributed by atoms with E-state index in [1.807, 2.05) is 0 Å². The van der Waals surface area contributed by atoms with E-state index in [9.17, 15) is 31.2 Å². The van der Waals surface area contributed by atoms with E-state index in [0.29, 0.717) is 23.5 Å². The van der Waals surface area contributed by atoms with Crippen LogP contribution in [0.3, 0.4) is 0 Å². The number of nitrogens with zero attached hydrogens (tertiary/aromatic N) is 3. The second-order valence-electron chi connectivity index (χ2n) is 5.85. The molecule has 0 unspecified atom stereocenters. The fourth-order valence-electron chi connectivity index (χ4n) is 2.58. The summed E-state index contributed by atoms with van der Waals surface area (Å²) in [4.78, 5) is 26.6. The zero-order valence-corrected chi connectivity index (χ0v) is 15.0. The summed E-state index contributed by atoms with van der Waals surface area (Å²) in [5, 5.41) is 0. The van der Waals surface area contributed by atoms with Crippen molar-refractivity contribution in [1.82, 2.24) is 9.80 Å².